The van der Waals surface area contributed by atoms with Gasteiger partial charge in [0.05, 0.1) is 10.4 Å². The molecule has 0 spiro atoms. The Morgan fingerprint density at radius 3 is 2.13 bits per heavy atom. The van der Waals surface area contributed by atoms with Gasteiger partial charge in [0.25, 0.3) is 0 Å². The normalized spacial score (nSPS) is 43.8. The molecule has 0 amide bonds. The molecule has 0 radical (unpaired) electrons. The highest BCUT2D eigenvalue weighted by Crippen LogP contribution is 2.39. The van der Waals surface area contributed by atoms with Gasteiger partial charge in [-0.15, -0.1) is 0 Å². The van der Waals surface area contributed by atoms with Crippen LogP contribution in [0.3, 0.4) is 0 Å². The Hall–Kier alpha value is 0.314. The summed E-state index contributed by atoms with van der Waals surface area (Å²) in [4.78, 5) is 0. The molecule has 0 saturated carbocycles. The second kappa shape index (κ2) is 4.67. The fraction of sp³-hybridized carbons (Fsp3) is 1.00. The van der Waals surface area contributed by atoms with E-state index in [0.29, 0.717) is 0 Å². The number of hydrogen-bond donors (Lipinski definition) is 1. The smallest absolute Gasteiger partial charge is 0.129 e. The van der Waals surface area contributed by atoms with Crippen molar-refractivity contribution in [2.75, 3.05) is 13.2 Å². The second-order valence-electron chi connectivity index (χ2n) is 5.04. The molecular formula is C10H23NO2Si2. The van der Waals surface area contributed by atoms with Crippen molar-refractivity contribution in [3.05, 3.63) is 0 Å². The lowest BCUT2D eigenvalue weighted by molar-refractivity contribution is -0.159. The fourth-order valence-corrected chi connectivity index (χ4v) is 5.93. The Bertz CT molecular complexity index is 213. The third-order valence-electron chi connectivity index (χ3n) is 4.12. The highest BCUT2D eigenvalue weighted by Gasteiger charge is 2.50. The highest BCUT2D eigenvalue weighted by molar-refractivity contribution is 6.39. The molecule has 15 heavy (non-hydrogen) atoms. The molecule has 0 aromatic rings. The lowest BCUT2D eigenvalue weighted by atomic mass is 9.96. The van der Waals surface area contributed by atoms with Crippen molar-refractivity contribution in [1.29, 1.82) is 0 Å². The van der Waals surface area contributed by atoms with Crippen LogP contribution in [0.4, 0.5) is 0 Å². The molecule has 2 fully saturated rings. The van der Waals surface area contributed by atoms with Crippen LogP contribution in [-0.2, 0) is 9.47 Å². The SMILES string of the molecule is N[SiH2]C1(C2([SiH3])CCCCO2)CCCCO1. The van der Waals surface area contributed by atoms with E-state index in [1.165, 1.54) is 32.1 Å². The number of ether oxygens (including phenoxy) is 2. The van der Waals surface area contributed by atoms with Crippen molar-refractivity contribution in [2.45, 2.75) is 49.0 Å². The summed E-state index contributed by atoms with van der Waals surface area (Å²) < 4.78 is 12.2. The van der Waals surface area contributed by atoms with Crippen LogP contribution < -0.4 is 5.40 Å². The van der Waals surface area contributed by atoms with Gasteiger partial charge < -0.3 is 14.9 Å². The minimum Gasteiger partial charge on any atom is -0.377 e. The molecule has 2 N–H and O–H groups in total. The van der Waals surface area contributed by atoms with Crippen molar-refractivity contribution in [3.8, 4) is 0 Å². The quantitative estimate of drug-likeness (QED) is 0.647. The second-order valence-corrected chi connectivity index (χ2v) is 8.21. The standard InChI is InChI=1S/C10H23NO2Si2/c11-15-10(6-2-4-8-13-10)9(14)5-1-3-7-12-9/h1-8,11,15H2,14H3. The van der Waals surface area contributed by atoms with Crippen molar-refractivity contribution >= 4 is 19.9 Å². The van der Waals surface area contributed by atoms with E-state index >= 15 is 0 Å². The Kier molecular flexibility index (Phi) is 3.67. The minimum absolute atomic E-state index is 0.0160. The van der Waals surface area contributed by atoms with Gasteiger partial charge in [0, 0.05) is 23.5 Å². The van der Waals surface area contributed by atoms with Crippen LogP contribution in [0.1, 0.15) is 38.5 Å². The Morgan fingerprint density at radius 1 is 1.00 bits per heavy atom. The van der Waals surface area contributed by atoms with E-state index in [4.69, 9.17) is 14.9 Å². The van der Waals surface area contributed by atoms with Gasteiger partial charge in [-0.3, -0.25) is 0 Å². The molecule has 2 unspecified atom stereocenters. The molecule has 0 aromatic carbocycles. The van der Waals surface area contributed by atoms with E-state index in [0.717, 1.165) is 29.9 Å². The van der Waals surface area contributed by atoms with Crippen LogP contribution in [0.15, 0.2) is 0 Å². The molecule has 2 aliphatic rings. The van der Waals surface area contributed by atoms with Gasteiger partial charge in [0.15, 0.2) is 0 Å². The van der Waals surface area contributed by atoms with E-state index in [1.54, 1.807) is 0 Å². The summed E-state index contributed by atoms with van der Waals surface area (Å²) in [6.45, 7) is 1.82. The first-order chi connectivity index (χ1) is 7.22. The molecule has 3 nitrogen and oxygen atoms in total. The van der Waals surface area contributed by atoms with Crippen LogP contribution in [0.25, 0.3) is 0 Å². The molecule has 0 aliphatic carbocycles. The summed E-state index contributed by atoms with van der Waals surface area (Å²) in [5, 5.41) is 6.14. The maximum absolute atomic E-state index is 6.11. The third kappa shape index (κ3) is 2.08. The maximum atomic E-state index is 6.11. The van der Waals surface area contributed by atoms with E-state index in [-0.39, 0.29) is 10.4 Å². The van der Waals surface area contributed by atoms with Crippen molar-refractivity contribution in [2.24, 2.45) is 5.40 Å². The summed E-state index contributed by atoms with van der Waals surface area (Å²) in [7, 11) is 0.409. The van der Waals surface area contributed by atoms with Crippen molar-refractivity contribution < 1.29 is 9.47 Å². The molecule has 2 saturated heterocycles. The topological polar surface area (TPSA) is 44.5 Å². The molecule has 2 heterocycles. The first-order valence-corrected chi connectivity index (χ1v) is 8.73. The minimum atomic E-state index is -0.653. The van der Waals surface area contributed by atoms with Gasteiger partial charge in [-0.1, -0.05) is 0 Å². The van der Waals surface area contributed by atoms with E-state index < -0.39 is 9.68 Å². The maximum Gasteiger partial charge on any atom is 0.129 e. The molecule has 2 atom stereocenters. The van der Waals surface area contributed by atoms with Gasteiger partial charge in [-0.25, -0.2) is 0 Å². The predicted octanol–water partition coefficient (Wildman–Crippen LogP) is -0.812. The molecule has 0 aromatic heterocycles. The third-order valence-corrected chi connectivity index (χ3v) is 8.49. The zero-order valence-corrected chi connectivity index (χ0v) is 13.2. The van der Waals surface area contributed by atoms with Crippen LogP contribution in [0, 0.1) is 0 Å². The summed E-state index contributed by atoms with van der Waals surface area (Å²) >= 11 is 0. The summed E-state index contributed by atoms with van der Waals surface area (Å²) in [5.74, 6) is 0. The summed E-state index contributed by atoms with van der Waals surface area (Å²) in [5.41, 5.74) is 0. The number of rotatable bonds is 2. The highest BCUT2D eigenvalue weighted by atomic mass is 28.2. The Balaban J connectivity index is 2.15. The Labute approximate surface area is 97.4 Å². The van der Waals surface area contributed by atoms with Gasteiger partial charge in [0.2, 0.25) is 0 Å². The molecule has 88 valence electrons. The monoisotopic (exact) mass is 245 g/mol. The van der Waals surface area contributed by atoms with Gasteiger partial charge in [-0.05, 0) is 38.5 Å². The molecular weight excluding hydrogens is 222 g/mol. The summed E-state index contributed by atoms with van der Waals surface area (Å²) in [6.07, 6.45) is 7.32. The van der Waals surface area contributed by atoms with Gasteiger partial charge in [0.1, 0.15) is 9.68 Å². The number of nitrogens with two attached hydrogens (primary N) is 1. The van der Waals surface area contributed by atoms with E-state index in [1.807, 2.05) is 0 Å². The predicted molar refractivity (Wildman–Crippen MR) is 67.7 cm³/mol. The zero-order valence-electron chi connectivity index (χ0n) is 9.76. The van der Waals surface area contributed by atoms with Gasteiger partial charge >= 0.3 is 0 Å². The van der Waals surface area contributed by atoms with Crippen LogP contribution in [-0.4, -0.2) is 43.6 Å². The molecule has 2 aliphatic heterocycles. The van der Waals surface area contributed by atoms with Crippen LogP contribution in [0.2, 0.25) is 0 Å². The first-order valence-electron chi connectivity index (χ1n) is 6.20. The van der Waals surface area contributed by atoms with E-state index in [9.17, 15) is 0 Å². The number of hydrogen-bond acceptors (Lipinski definition) is 3. The first kappa shape index (κ1) is 11.8. The lowest BCUT2D eigenvalue weighted by Crippen LogP contribution is -2.65. The molecule has 5 heteroatoms. The van der Waals surface area contributed by atoms with Gasteiger partial charge in [-0.2, -0.15) is 0 Å². The summed E-state index contributed by atoms with van der Waals surface area (Å²) in [6, 6.07) is 0. The average Bonchev–Trinajstić information content (AvgIpc) is 2.31. The van der Waals surface area contributed by atoms with E-state index in [2.05, 4.69) is 0 Å². The fourth-order valence-electron chi connectivity index (χ4n) is 2.94. The molecule has 2 rings (SSSR count). The molecule has 0 bridgehead atoms. The van der Waals surface area contributed by atoms with Crippen molar-refractivity contribution in [3.63, 3.8) is 0 Å². The Morgan fingerprint density at radius 2 is 1.67 bits per heavy atom. The van der Waals surface area contributed by atoms with Crippen LogP contribution >= 0.6 is 0 Å². The lowest BCUT2D eigenvalue weighted by Gasteiger charge is -2.51. The zero-order chi connectivity index (χ0) is 10.8. The van der Waals surface area contributed by atoms with Crippen molar-refractivity contribution in [1.82, 2.24) is 0 Å². The average molecular weight is 245 g/mol. The van der Waals surface area contributed by atoms with Crippen LogP contribution in [0.5, 0.6) is 0 Å². The largest absolute Gasteiger partial charge is 0.377 e.